The van der Waals surface area contributed by atoms with E-state index in [0.717, 1.165) is 4.90 Å². The van der Waals surface area contributed by atoms with Gasteiger partial charge in [-0.05, 0) is 36.4 Å². The van der Waals surface area contributed by atoms with Crippen LogP contribution in [-0.4, -0.2) is 50.0 Å². The van der Waals surface area contributed by atoms with E-state index < -0.39 is 17.7 Å². The Labute approximate surface area is 160 Å². The van der Waals surface area contributed by atoms with E-state index in [1.165, 1.54) is 32.4 Å². The Balaban J connectivity index is 1.85. The van der Waals surface area contributed by atoms with Gasteiger partial charge >= 0.3 is 0 Å². The third-order valence-corrected chi connectivity index (χ3v) is 4.40. The van der Waals surface area contributed by atoms with Crippen molar-refractivity contribution < 1.29 is 23.9 Å². The van der Waals surface area contributed by atoms with Gasteiger partial charge in [0, 0.05) is 17.7 Å². The van der Waals surface area contributed by atoms with Crippen LogP contribution in [0.1, 0.15) is 31.1 Å². The number of amides is 3. The van der Waals surface area contributed by atoms with Gasteiger partial charge in [0.15, 0.2) is 0 Å². The Bertz CT molecular complexity index is 928. The summed E-state index contributed by atoms with van der Waals surface area (Å²) in [6, 6.07) is 9.23. The van der Waals surface area contributed by atoms with E-state index in [0.29, 0.717) is 16.5 Å². The minimum atomic E-state index is -0.450. The number of anilines is 1. The van der Waals surface area contributed by atoms with Gasteiger partial charge in [-0.25, -0.2) is 0 Å². The van der Waals surface area contributed by atoms with E-state index in [9.17, 15) is 14.4 Å². The Hall–Kier alpha value is -2.90. The summed E-state index contributed by atoms with van der Waals surface area (Å²) in [7, 11) is 2.97. The topological polar surface area (TPSA) is 84.9 Å². The van der Waals surface area contributed by atoms with Crippen molar-refractivity contribution in [2.75, 3.05) is 32.7 Å². The molecule has 8 heteroatoms. The summed E-state index contributed by atoms with van der Waals surface area (Å²) >= 11 is 5.97. The lowest BCUT2D eigenvalue weighted by Crippen LogP contribution is -2.32. The van der Waals surface area contributed by atoms with Crippen LogP contribution < -0.4 is 10.1 Å². The van der Waals surface area contributed by atoms with Crippen LogP contribution in [0.15, 0.2) is 36.4 Å². The molecule has 0 saturated heterocycles. The van der Waals surface area contributed by atoms with E-state index in [1.54, 1.807) is 18.2 Å². The molecule has 3 rings (SSSR count). The standard InChI is InChI=1S/C19H17ClN2O5/c1-26-8-7-22-18(24)13-5-3-11(9-14(13)19(22)25)17(23)21-15-10-12(20)4-6-16(15)27-2/h3-6,9-10H,7-8H2,1-2H3,(H,21,23). The SMILES string of the molecule is COCCN1C(=O)c2ccc(C(=O)Nc3cc(Cl)ccc3OC)cc2C1=O. The molecule has 1 aliphatic heterocycles. The molecule has 140 valence electrons. The molecule has 0 atom stereocenters. The molecule has 0 saturated carbocycles. The Morgan fingerprint density at radius 2 is 1.81 bits per heavy atom. The predicted octanol–water partition coefficient (Wildman–Crippen LogP) is 2.84. The zero-order valence-electron chi connectivity index (χ0n) is 14.7. The van der Waals surface area contributed by atoms with E-state index in [2.05, 4.69) is 5.32 Å². The maximum Gasteiger partial charge on any atom is 0.261 e. The third-order valence-electron chi connectivity index (χ3n) is 4.16. The van der Waals surface area contributed by atoms with Crippen molar-refractivity contribution in [3.05, 3.63) is 58.1 Å². The molecule has 7 nitrogen and oxygen atoms in total. The molecule has 0 aromatic heterocycles. The molecular weight excluding hydrogens is 372 g/mol. The number of carbonyl (C=O) groups is 3. The fraction of sp³-hybridized carbons (Fsp3) is 0.211. The minimum Gasteiger partial charge on any atom is -0.495 e. The third kappa shape index (κ3) is 3.65. The minimum absolute atomic E-state index is 0.157. The second-order valence-corrected chi connectivity index (χ2v) is 6.25. The molecule has 0 radical (unpaired) electrons. The molecular formula is C19H17ClN2O5. The van der Waals surface area contributed by atoms with Crippen LogP contribution in [0.5, 0.6) is 5.75 Å². The second-order valence-electron chi connectivity index (χ2n) is 5.81. The maximum absolute atomic E-state index is 12.6. The number of fused-ring (bicyclic) bond motifs is 1. The number of halogens is 1. The average Bonchev–Trinajstić information content (AvgIpc) is 2.90. The molecule has 27 heavy (non-hydrogen) atoms. The van der Waals surface area contributed by atoms with E-state index in [4.69, 9.17) is 21.1 Å². The second kappa shape index (κ2) is 7.77. The molecule has 0 spiro atoms. The number of hydrogen-bond donors (Lipinski definition) is 1. The van der Waals surface area contributed by atoms with Crippen LogP contribution in [0.3, 0.4) is 0 Å². The van der Waals surface area contributed by atoms with Gasteiger partial charge in [-0.1, -0.05) is 11.6 Å². The summed E-state index contributed by atoms with van der Waals surface area (Å²) in [6.45, 7) is 0.400. The number of imide groups is 1. The first-order valence-corrected chi connectivity index (χ1v) is 8.48. The molecule has 0 unspecified atom stereocenters. The summed E-state index contributed by atoms with van der Waals surface area (Å²) in [4.78, 5) is 38.5. The van der Waals surface area contributed by atoms with Gasteiger partial charge in [0.2, 0.25) is 0 Å². The van der Waals surface area contributed by atoms with Crippen LogP contribution in [0.4, 0.5) is 5.69 Å². The molecule has 1 N–H and O–H groups in total. The van der Waals surface area contributed by atoms with E-state index in [-0.39, 0.29) is 29.8 Å². The number of methoxy groups -OCH3 is 2. The molecule has 2 aromatic carbocycles. The average molecular weight is 389 g/mol. The lowest BCUT2D eigenvalue weighted by Gasteiger charge is -2.12. The summed E-state index contributed by atoms with van der Waals surface area (Å²) in [6.07, 6.45) is 0. The fourth-order valence-corrected chi connectivity index (χ4v) is 2.96. The van der Waals surface area contributed by atoms with E-state index in [1.807, 2.05) is 0 Å². The van der Waals surface area contributed by atoms with Crippen LogP contribution in [0.25, 0.3) is 0 Å². The van der Waals surface area contributed by atoms with Crippen molar-refractivity contribution >= 4 is 35.0 Å². The quantitative estimate of drug-likeness (QED) is 0.769. The van der Waals surface area contributed by atoms with E-state index >= 15 is 0 Å². The number of benzene rings is 2. The van der Waals surface area contributed by atoms with Gasteiger partial charge in [0.05, 0.1) is 37.1 Å². The zero-order valence-corrected chi connectivity index (χ0v) is 15.5. The fourth-order valence-electron chi connectivity index (χ4n) is 2.79. The lowest BCUT2D eigenvalue weighted by molar-refractivity contribution is 0.0603. The van der Waals surface area contributed by atoms with Gasteiger partial charge in [-0.3, -0.25) is 19.3 Å². The highest BCUT2D eigenvalue weighted by molar-refractivity contribution is 6.31. The van der Waals surface area contributed by atoms with Crippen molar-refractivity contribution in [3.8, 4) is 5.75 Å². The summed E-state index contributed by atoms with van der Waals surface area (Å²) in [5.74, 6) is -0.836. The lowest BCUT2D eigenvalue weighted by atomic mass is 10.1. The van der Waals surface area contributed by atoms with Crippen molar-refractivity contribution in [2.24, 2.45) is 0 Å². The van der Waals surface area contributed by atoms with Crippen LogP contribution in [0, 0.1) is 0 Å². The summed E-state index contributed by atoms with van der Waals surface area (Å²) in [5.41, 5.74) is 1.11. The highest BCUT2D eigenvalue weighted by Gasteiger charge is 2.35. The van der Waals surface area contributed by atoms with Crippen LogP contribution >= 0.6 is 11.6 Å². The maximum atomic E-state index is 12.6. The summed E-state index contributed by atoms with van der Waals surface area (Å²) < 4.78 is 10.1. The van der Waals surface area contributed by atoms with Gasteiger partial charge in [0.25, 0.3) is 17.7 Å². The van der Waals surface area contributed by atoms with Gasteiger partial charge < -0.3 is 14.8 Å². The first-order valence-electron chi connectivity index (χ1n) is 8.10. The number of ether oxygens (including phenoxy) is 2. The predicted molar refractivity (Wildman–Crippen MR) is 99.6 cm³/mol. The smallest absolute Gasteiger partial charge is 0.261 e. The van der Waals surface area contributed by atoms with Gasteiger partial charge in [-0.2, -0.15) is 0 Å². The largest absolute Gasteiger partial charge is 0.495 e. The van der Waals surface area contributed by atoms with Crippen molar-refractivity contribution in [2.45, 2.75) is 0 Å². The normalized spacial score (nSPS) is 12.9. The highest BCUT2D eigenvalue weighted by atomic mass is 35.5. The molecule has 3 amide bonds. The Kier molecular flexibility index (Phi) is 5.43. The number of carbonyl (C=O) groups excluding carboxylic acids is 3. The molecule has 2 aromatic rings. The number of nitrogens with one attached hydrogen (secondary N) is 1. The van der Waals surface area contributed by atoms with Crippen LogP contribution in [0.2, 0.25) is 5.02 Å². The molecule has 0 fully saturated rings. The van der Waals surface area contributed by atoms with Crippen molar-refractivity contribution in [1.29, 1.82) is 0 Å². The van der Waals surface area contributed by atoms with Crippen LogP contribution in [-0.2, 0) is 4.74 Å². The molecule has 0 aliphatic carbocycles. The Morgan fingerprint density at radius 3 is 2.52 bits per heavy atom. The summed E-state index contributed by atoms with van der Waals surface area (Å²) in [5, 5.41) is 3.14. The van der Waals surface area contributed by atoms with Gasteiger partial charge in [-0.15, -0.1) is 0 Å². The van der Waals surface area contributed by atoms with Crippen molar-refractivity contribution in [1.82, 2.24) is 4.90 Å². The van der Waals surface area contributed by atoms with Gasteiger partial charge in [0.1, 0.15) is 5.75 Å². The molecule has 0 bridgehead atoms. The molecule has 1 aliphatic rings. The number of nitrogens with zero attached hydrogens (tertiary/aromatic N) is 1. The first kappa shape index (κ1) is 18.9. The first-order chi connectivity index (χ1) is 13.0. The zero-order chi connectivity index (χ0) is 19.6. The number of hydrogen-bond acceptors (Lipinski definition) is 5. The Morgan fingerprint density at radius 1 is 1.07 bits per heavy atom. The molecule has 1 heterocycles. The number of rotatable bonds is 6. The van der Waals surface area contributed by atoms with Crippen molar-refractivity contribution in [3.63, 3.8) is 0 Å². The monoisotopic (exact) mass is 388 g/mol. The highest BCUT2D eigenvalue weighted by Crippen LogP contribution is 2.29.